The SMILES string of the molecule is Cc1nc(Cc2cccc3ccccc23)sc1CC(=O)Nc1cccc(Cl)n1. The first-order valence-corrected chi connectivity index (χ1v) is 10.1. The number of fused-ring (bicyclic) bond motifs is 1. The zero-order valence-electron chi connectivity index (χ0n) is 15.3. The fourth-order valence-electron chi connectivity index (χ4n) is 3.15. The van der Waals surface area contributed by atoms with E-state index in [1.807, 2.05) is 13.0 Å². The van der Waals surface area contributed by atoms with Crippen LogP contribution in [0.3, 0.4) is 0 Å². The van der Waals surface area contributed by atoms with Crippen molar-refractivity contribution in [3.63, 3.8) is 0 Å². The minimum absolute atomic E-state index is 0.127. The van der Waals surface area contributed by atoms with Crippen LogP contribution < -0.4 is 5.32 Å². The number of amides is 1. The standard InChI is InChI=1S/C22H18ClN3OS/c1-14-18(13-21(27)26-20-11-5-10-19(23)25-20)28-22(24-14)12-16-8-4-7-15-6-2-3-9-17(15)16/h2-11H,12-13H2,1H3,(H,25,26,27). The van der Waals surface area contributed by atoms with E-state index in [9.17, 15) is 4.79 Å². The minimum atomic E-state index is -0.127. The predicted molar refractivity (Wildman–Crippen MR) is 115 cm³/mol. The van der Waals surface area contributed by atoms with Gasteiger partial charge < -0.3 is 5.32 Å². The van der Waals surface area contributed by atoms with Crippen molar-refractivity contribution in [3.8, 4) is 0 Å². The minimum Gasteiger partial charge on any atom is -0.310 e. The fourth-order valence-corrected chi connectivity index (χ4v) is 4.40. The number of anilines is 1. The summed E-state index contributed by atoms with van der Waals surface area (Å²) in [5.74, 6) is 0.328. The number of benzene rings is 2. The molecule has 4 nitrogen and oxygen atoms in total. The van der Waals surface area contributed by atoms with Crippen molar-refractivity contribution < 1.29 is 4.79 Å². The summed E-state index contributed by atoms with van der Waals surface area (Å²) >= 11 is 7.45. The maximum atomic E-state index is 12.4. The Bertz CT molecular complexity index is 1150. The van der Waals surface area contributed by atoms with Crippen LogP contribution in [0.15, 0.2) is 60.7 Å². The van der Waals surface area contributed by atoms with Crippen LogP contribution in [-0.4, -0.2) is 15.9 Å². The number of nitrogens with zero attached hydrogens (tertiary/aromatic N) is 2. The molecule has 1 amide bonds. The number of nitrogens with one attached hydrogen (secondary N) is 1. The molecular weight excluding hydrogens is 390 g/mol. The molecule has 2 heterocycles. The molecular formula is C22H18ClN3OS. The number of rotatable bonds is 5. The molecule has 0 aliphatic heterocycles. The monoisotopic (exact) mass is 407 g/mol. The molecule has 28 heavy (non-hydrogen) atoms. The molecule has 0 atom stereocenters. The van der Waals surface area contributed by atoms with Crippen LogP contribution in [0.1, 0.15) is 21.1 Å². The van der Waals surface area contributed by atoms with Gasteiger partial charge in [-0.05, 0) is 35.4 Å². The van der Waals surface area contributed by atoms with Crippen LogP contribution in [-0.2, 0) is 17.6 Å². The van der Waals surface area contributed by atoms with Gasteiger partial charge in [0.25, 0.3) is 0 Å². The third kappa shape index (κ3) is 4.21. The Morgan fingerprint density at radius 2 is 1.82 bits per heavy atom. The van der Waals surface area contributed by atoms with Crippen molar-refractivity contribution in [1.29, 1.82) is 0 Å². The number of aromatic nitrogens is 2. The number of hydrogen-bond donors (Lipinski definition) is 1. The highest BCUT2D eigenvalue weighted by molar-refractivity contribution is 7.11. The van der Waals surface area contributed by atoms with Crippen molar-refractivity contribution >= 4 is 45.4 Å². The Morgan fingerprint density at radius 1 is 1.04 bits per heavy atom. The Balaban J connectivity index is 1.49. The number of carbonyl (C=O) groups excluding carboxylic acids is 1. The summed E-state index contributed by atoms with van der Waals surface area (Å²) in [4.78, 5) is 22.1. The third-order valence-corrected chi connectivity index (χ3v) is 5.83. The summed E-state index contributed by atoms with van der Waals surface area (Å²) in [6.45, 7) is 1.95. The van der Waals surface area contributed by atoms with E-state index in [0.717, 1.165) is 22.0 Å². The molecule has 4 aromatic rings. The van der Waals surface area contributed by atoms with Crippen molar-refractivity contribution in [2.45, 2.75) is 19.8 Å². The number of hydrogen-bond acceptors (Lipinski definition) is 4. The normalized spacial score (nSPS) is 10.9. The van der Waals surface area contributed by atoms with Crippen LogP contribution in [0.5, 0.6) is 0 Å². The zero-order valence-corrected chi connectivity index (χ0v) is 16.8. The number of pyridine rings is 1. The first kappa shape index (κ1) is 18.6. The average molecular weight is 408 g/mol. The lowest BCUT2D eigenvalue weighted by Crippen LogP contribution is -2.15. The van der Waals surface area contributed by atoms with E-state index in [0.29, 0.717) is 11.0 Å². The molecule has 2 aromatic heterocycles. The van der Waals surface area contributed by atoms with Gasteiger partial charge in [-0.25, -0.2) is 9.97 Å². The molecule has 0 radical (unpaired) electrons. The van der Waals surface area contributed by atoms with E-state index < -0.39 is 0 Å². The largest absolute Gasteiger partial charge is 0.310 e. The summed E-state index contributed by atoms with van der Waals surface area (Å²) < 4.78 is 0. The summed E-state index contributed by atoms with van der Waals surface area (Å²) in [5, 5.41) is 6.61. The quantitative estimate of drug-likeness (QED) is 0.449. The molecule has 1 N–H and O–H groups in total. The predicted octanol–water partition coefficient (Wildman–Crippen LogP) is 5.43. The fraction of sp³-hybridized carbons (Fsp3) is 0.136. The van der Waals surface area contributed by atoms with Gasteiger partial charge in [0.2, 0.25) is 5.91 Å². The molecule has 0 aliphatic carbocycles. The second-order valence-electron chi connectivity index (χ2n) is 6.50. The number of halogens is 1. The van der Waals surface area contributed by atoms with Crippen molar-refractivity contribution in [1.82, 2.24) is 9.97 Å². The van der Waals surface area contributed by atoms with Crippen LogP contribution in [0.2, 0.25) is 5.15 Å². The molecule has 0 spiro atoms. The number of thiazole rings is 1. The molecule has 0 aliphatic rings. The Labute approximate surface area is 172 Å². The molecule has 0 saturated heterocycles. The Kier molecular flexibility index (Phi) is 5.37. The highest BCUT2D eigenvalue weighted by Gasteiger charge is 2.14. The Morgan fingerprint density at radius 3 is 2.68 bits per heavy atom. The van der Waals surface area contributed by atoms with E-state index in [1.54, 1.807) is 29.5 Å². The smallest absolute Gasteiger partial charge is 0.230 e. The molecule has 140 valence electrons. The van der Waals surface area contributed by atoms with E-state index in [-0.39, 0.29) is 12.3 Å². The van der Waals surface area contributed by atoms with Gasteiger partial charge in [0, 0.05) is 11.3 Å². The van der Waals surface area contributed by atoms with Crippen LogP contribution >= 0.6 is 22.9 Å². The maximum Gasteiger partial charge on any atom is 0.230 e. The molecule has 0 saturated carbocycles. The van der Waals surface area contributed by atoms with Crippen LogP contribution in [0.4, 0.5) is 5.82 Å². The highest BCUT2D eigenvalue weighted by Crippen LogP contribution is 2.25. The lowest BCUT2D eigenvalue weighted by Gasteiger charge is -2.04. The van der Waals surface area contributed by atoms with Crippen molar-refractivity contribution in [2.24, 2.45) is 0 Å². The third-order valence-electron chi connectivity index (χ3n) is 4.46. The van der Waals surface area contributed by atoms with Crippen molar-refractivity contribution in [3.05, 3.63) is 87.0 Å². The summed E-state index contributed by atoms with van der Waals surface area (Å²) in [6, 6.07) is 19.8. The van der Waals surface area contributed by atoms with Gasteiger partial charge in [-0.2, -0.15) is 0 Å². The van der Waals surface area contributed by atoms with Gasteiger partial charge in [-0.1, -0.05) is 60.1 Å². The van der Waals surface area contributed by atoms with Gasteiger partial charge in [-0.15, -0.1) is 11.3 Å². The molecule has 2 aromatic carbocycles. The maximum absolute atomic E-state index is 12.4. The number of carbonyl (C=O) groups is 1. The van der Waals surface area contributed by atoms with E-state index in [2.05, 4.69) is 51.7 Å². The first-order valence-electron chi connectivity index (χ1n) is 8.93. The topological polar surface area (TPSA) is 54.9 Å². The van der Waals surface area contributed by atoms with Crippen LogP contribution in [0.25, 0.3) is 10.8 Å². The van der Waals surface area contributed by atoms with Gasteiger partial charge in [0.05, 0.1) is 17.1 Å². The molecule has 0 fully saturated rings. The molecule has 0 unspecified atom stereocenters. The van der Waals surface area contributed by atoms with Crippen molar-refractivity contribution in [2.75, 3.05) is 5.32 Å². The van der Waals surface area contributed by atoms with Gasteiger partial charge >= 0.3 is 0 Å². The number of aryl methyl sites for hydroxylation is 1. The highest BCUT2D eigenvalue weighted by atomic mass is 35.5. The van der Waals surface area contributed by atoms with E-state index in [4.69, 9.17) is 11.6 Å². The molecule has 6 heteroatoms. The van der Waals surface area contributed by atoms with E-state index in [1.165, 1.54) is 16.3 Å². The first-order chi connectivity index (χ1) is 13.6. The summed E-state index contributed by atoms with van der Waals surface area (Å²) in [6.07, 6.45) is 1.03. The average Bonchev–Trinajstić information content (AvgIpc) is 3.01. The second kappa shape index (κ2) is 8.09. The van der Waals surface area contributed by atoms with E-state index >= 15 is 0 Å². The van der Waals surface area contributed by atoms with Crippen LogP contribution in [0, 0.1) is 6.92 Å². The Hall–Kier alpha value is -2.76. The summed E-state index contributed by atoms with van der Waals surface area (Å²) in [5.41, 5.74) is 2.14. The van der Waals surface area contributed by atoms with Gasteiger partial charge in [0.1, 0.15) is 11.0 Å². The molecule has 0 bridgehead atoms. The summed E-state index contributed by atoms with van der Waals surface area (Å²) in [7, 11) is 0. The lowest BCUT2D eigenvalue weighted by atomic mass is 10.0. The van der Waals surface area contributed by atoms with Gasteiger partial charge in [-0.3, -0.25) is 4.79 Å². The van der Waals surface area contributed by atoms with Gasteiger partial charge in [0.15, 0.2) is 0 Å². The second-order valence-corrected chi connectivity index (χ2v) is 8.06. The molecule has 4 rings (SSSR count). The zero-order chi connectivity index (χ0) is 19.5. The lowest BCUT2D eigenvalue weighted by molar-refractivity contribution is -0.115.